The van der Waals surface area contributed by atoms with Crippen LogP contribution >= 0.6 is 0 Å². The van der Waals surface area contributed by atoms with Crippen molar-refractivity contribution in [3.05, 3.63) is 96.6 Å². The minimum atomic E-state index is 0.0677. The van der Waals surface area contributed by atoms with Crippen LogP contribution in [0, 0.1) is 0 Å². The first-order chi connectivity index (χ1) is 12.7. The maximum absolute atomic E-state index is 11.6. The number of carbonyl (C=O) groups excluding carboxylic acids is 1. The fourth-order valence-corrected chi connectivity index (χ4v) is 2.98. The van der Waals surface area contributed by atoms with Crippen LogP contribution in [0.25, 0.3) is 28.2 Å². The standard InChI is InChI=1S/C23H18N2O/c1-17(26)18-12-14-20(15-13-18)23-16-22(19-8-4-2-5-9-19)24-25(23)21-10-6-3-7-11-21/h2-16H,1H3. The summed E-state index contributed by atoms with van der Waals surface area (Å²) >= 11 is 0. The zero-order valence-corrected chi connectivity index (χ0v) is 14.5. The molecule has 0 N–H and O–H groups in total. The molecule has 0 unspecified atom stereocenters. The Balaban J connectivity index is 1.87. The zero-order chi connectivity index (χ0) is 17.9. The lowest BCUT2D eigenvalue weighted by molar-refractivity contribution is 0.101. The Kier molecular flexibility index (Phi) is 4.20. The van der Waals surface area contributed by atoms with Gasteiger partial charge in [0.1, 0.15) is 0 Å². The van der Waals surface area contributed by atoms with Crippen LogP contribution in [0.1, 0.15) is 17.3 Å². The summed E-state index contributed by atoms with van der Waals surface area (Å²) in [6.07, 6.45) is 0. The van der Waals surface area contributed by atoms with E-state index in [4.69, 9.17) is 5.10 Å². The van der Waals surface area contributed by atoms with Gasteiger partial charge in [-0.25, -0.2) is 4.68 Å². The van der Waals surface area contributed by atoms with Gasteiger partial charge in [-0.3, -0.25) is 4.79 Å². The van der Waals surface area contributed by atoms with Crippen LogP contribution in [-0.2, 0) is 0 Å². The number of carbonyl (C=O) groups is 1. The van der Waals surface area contributed by atoms with Gasteiger partial charge in [0.15, 0.2) is 5.78 Å². The molecule has 0 aliphatic rings. The Hall–Kier alpha value is -3.46. The molecule has 0 saturated carbocycles. The van der Waals surface area contributed by atoms with Crippen molar-refractivity contribution >= 4 is 5.78 Å². The quantitative estimate of drug-likeness (QED) is 0.466. The van der Waals surface area contributed by atoms with Gasteiger partial charge < -0.3 is 0 Å². The highest BCUT2D eigenvalue weighted by atomic mass is 16.1. The number of benzene rings is 3. The summed E-state index contributed by atoms with van der Waals surface area (Å²) in [6.45, 7) is 1.58. The Labute approximate surface area is 152 Å². The molecule has 0 bridgehead atoms. The number of Topliss-reactive ketones (excluding diaryl/α,β-unsaturated/α-hetero) is 1. The van der Waals surface area contributed by atoms with Gasteiger partial charge in [-0.1, -0.05) is 72.8 Å². The van der Waals surface area contributed by atoms with Gasteiger partial charge >= 0.3 is 0 Å². The summed E-state index contributed by atoms with van der Waals surface area (Å²) in [5.74, 6) is 0.0677. The highest BCUT2D eigenvalue weighted by molar-refractivity contribution is 5.94. The molecule has 0 aliphatic carbocycles. The van der Waals surface area contributed by atoms with E-state index in [9.17, 15) is 4.79 Å². The predicted octanol–water partition coefficient (Wildman–Crippen LogP) is 5.41. The van der Waals surface area contributed by atoms with Crippen LogP contribution in [-0.4, -0.2) is 15.6 Å². The summed E-state index contributed by atoms with van der Waals surface area (Å²) < 4.78 is 1.95. The monoisotopic (exact) mass is 338 g/mol. The summed E-state index contributed by atoms with van der Waals surface area (Å²) in [4.78, 5) is 11.6. The average molecular weight is 338 g/mol. The molecule has 1 heterocycles. The van der Waals surface area contributed by atoms with Crippen molar-refractivity contribution in [1.82, 2.24) is 9.78 Å². The second-order valence-electron chi connectivity index (χ2n) is 6.16. The van der Waals surface area contributed by atoms with Gasteiger partial charge in [-0.05, 0) is 25.1 Å². The molecule has 0 saturated heterocycles. The number of para-hydroxylation sites is 1. The molecular formula is C23H18N2O. The molecule has 4 rings (SSSR count). The first kappa shape index (κ1) is 16.0. The normalized spacial score (nSPS) is 10.7. The van der Waals surface area contributed by atoms with E-state index in [1.165, 1.54) is 0 Å². The van der Waals surface area contributed by atoms with E-state index in [0.717, 1.165) is 28.2 Å². The molecule has 0 amide bonds. The number of aromatic nitrogens is 2. The van der Waals surface area contributed by atoms with E-state index in [-0.39, 0.29) is 5.78 Å². The smallest absolute Gasteiger partial charge is 0.159 e. The Morgan fingerprint density at radius 3 is 2.00 bits per heavy atom. The minimum Gasteiger partial charge on any atom is -0.295 e. The molecule has 3 nitrogen and oxygen atoms in total. The lowest BCUT2D eigenvalue weighted by Gasteiger charge is -2.08. The van der Waals surface area contributed by atoms with E-state index in [0.29, 0.717) is 5.56 Å². The Morgan fingerprint density at radius 1 is 0.769 bits per heavy atom. The largest absolute Gasteiger partial charge is 0.295 e. The maximum Gasteiger partial charge on any atom is 0.159 e. The maximum atomic E-state index is 11.6. The lowest BCUT2D eigenvalue weighted by atomic mass is 10.1. The number of hydrogen-bond acceptors (Lipinski definition) is 2. The summed E-state index contributed by atoms with van der Waals surface area (Å²) in [6, 6.07) is 30.0. The molecule has 126 valence electrons. The Morgan fingerprint density at radius 2 is 1.38 bits per heavy atom. The molecule has 0 spiro atoms. The van der Waals surface area contributed by atoms with Gasteiger partial charge in [0.2, 0.25) is 0 Å². The second-order valence-corrected chi connectivity index (χ2v) is 6.16. The van der Waals surface area contributed by atoms with Gasteiger partial charge in [0, 0.05) is 16.7 Å². The molecule has 0 fully saturated rings. The highest BCUT2D eigenvalue weighted by Crippen LogP contribution is 2.29. The predicted molar refractivity (Wildman–Crippen MR) is 104 cm³/mol. The van der Waals surface area contributed by atoms with Crippen LogP contribution in [0.3, 0.4) is 0 Å². The SMILES string of the molecule is CC(=O)c1ccc(-c2cc(-c3ccccc3)nn2-c2ccccc2)cc1. The molecule has 0 radical (unpaired) electrons. The van der Waals surface area contributed by atoms with E-state index in [1.54, 1.807) is 6.92 Å². The molecule has 0 atom stereocenters. The highest BCUT2D eigenvalue weighted by Gasteiger charge is 2.13. The summed E-state index contributed by atoms with van der Waals surface area (Å²) in [7, 11) is 0. The molecule has 3 aromatic carbocycles. The van der Waals surface area contributed by atoms with Gasteiger partial charge in [-0.2, -0.15) is 5.10 Å². The Bertz CT molecular complexity index is 1030. The fourth-order valence-electron chi connectivity index (χ4n) is 2.98. The average Bonchev–Trinajstić information content (AvgIpc) is 3.15. The fraction of sp³-hybridized carbons (Fsp3) is 0.0435. The van der Waals surface area contributed by atoms with Crippen molar-refractivity contribution in [2.45, 2.75) is 6.92 Å². The topological polar surface area (TPSA) is 34.9 Å². The van der Waals surface area contributed by atoms with Crippen LogP contribution < -0.4 is 0 Å². The molecule has 3 heteroatoms. The van der Waals surface area contributed by atoms with Crippen LogP contribution in [0.5, 0.6) is 0 Å². The van der Waals surface area contributed by atoms with E-state index in [1.807, 2.05) is 77.5 Å². The minimum absolute atomic E-state index is 0.0677. The number of ketones is 1. The number of hydrogen-bond donors (Lipinski definition) is 0. The summed E-state index contributed by atoms with van der Waals surface area (Å²) in [5, 5.41) is 4.83. The molecule has 26 heavy (non-hydrogen) atoms. The van der Waals surface area contributed by atoms with Crippen molar-refractivity contribution in [2.24, 2.45) is 0 Å². The first-order valence-corrected chi connectivity index (χ1v) is 8.55. The zero-order valence-electron chi connectivity index (χ0n) is 14.5. The molecule has 1 aromatic heterocycles. The summed E-state index contributed by atoms with van der Waals surface area (Å²) in [5.41, 5.74) is 5.71. The second kappa shape index (κ2) is 6.81. The van der Waals surface area contributed by atoms with Crippen LogP contribution in [0.4, 0.5) is 0 Å². The molecule has 4 aromatic rings. The van der Waals surface area contributed by atoms with E-state index >= 15 is 0 Å². The van der Waals surface area contributed by atoms with Gasteiger partial charge in [0.25, 0.3) is 0 Å². The van der Waals surface area contributed by atoms with Gasteiger partial charge in [0.05, 0.1) is 17.1 Å². The van der Waals surface area contributed by atoms with Crippen molar-refractivity contribution in [2.75, 3.05) is 0 Å². The van der Waals surface area contributed by atoms with Crippen molar-refractivity contribution in [1.29, 1.82) is 0 Å². The van der Waals surface area contributed by atoms with Gasteiger partial charge in [-0.15, -0.1) is 0 Å². The van der Waals surface area contributed by atoms with Crippen molar-refractivity contribution < 1.29 is 4.79 Å². The van der Waals surface area contributed by atoms with Crippen LogP contribution in [0.15, 0.2) is 91.0 Å². The third kappa shape index (κ3) is 3.07. The van der Waals surface area contributed by atoms with E-state index in [2.05, 4.69) is 18.2 Å². The third-order valence-electron chi connectivity index (χ3n) is 4.37. The van der Waals surface area contributed by atoms with E-state index < -0.39 is 0 Å². The molecular weight excluding hydrogens is 320 g/mol. The van der Waals surface area contributed by atoms with Crippen molar-refractivity contribution in [3.8, 4) is 28.2 Å². The third-order valence-corrected chi connectivity index (χ3v) is 4.37. The van der Waals surface area contributed by atoms with Crippen molar-refractivity contribution in [3.63, 3.8) is 0 Å². The van der Waals surface area contributed by atoms with Crippen LogP contribution in [0.2, 0.25) is 0 Å². The first-order valence-electron chi connectivity index (χ1n) is 8.55. The number of nitrogens with zero attached hydrogens (tertiary/aromatic N) is 2. The molecule has 0 aliphatic heterocycles. The lowest BCUT2D eigenvalue weighted by Crippen LogP contribution is -1.99. The number of rotatable bonds is 4.